The number of anilines is 1. The van der Waals surface area contributed by atoms with E-state index in [1.165, 1.54) is 6.33 Å². The molecule has 0 spiro atoms. The van der Waals surface area contributed by atoms with Crippen molar-refractivity contribution in [1.29, 1.82) is 0 Å². The Balaban J connectivity index is 2.04. The van der Waals surface area contributed by atoms with Crippen molar-refractivity contribution in [2.45, 2.75) is 0 Å². The van der Waals surface area contributed by atoms with E-state index in [0.29, 0.717) is 5.15 Å². The summed E-state index contributed by atoms with van der Waals surface area (Å²) in [5.74, 6) is 0.820. The molecule has 2 heterocycles. The third kappa shape index (κ3) is 2.36. The minimum Gasteiger partial charge on any atom is -0.353 e. The Morgan fingerprint density at radius 3 is 2.60 bits per heavy atom. The Bertz CT molecular complexity index is 352. The van der Waals surface area contributed by atoms with Gasteiger partial charge in [0, 0.05) is 32.2 Å². The van der Waals surface area contributed by atoms with Crippen LogP contribution < -0.4 is 4.90 Å². The van der Waals surface area contributed by atoms with Gasteiger partial charge in [-0.25, -0.2) is 9.97 Å². The maximum atomic E-state index is 10.5. The van der Waals surface area contributed by atoms with Crippen LogP contribution in [0.1, 0.15) is 0 Å². The predicted molar refractivity (Wildman–Crippen MR) is 56.9 cm³/mol. The molecular weight excluding hydrogens is 216 g/mol. The molecule has 15 heavy (non-hydrogen) atoms. The topological polar surface area (TPSA) is 49.3 Å². The second kappa shape index (κ2) is 4.44. The molecule has 0 radical (unpaired) electrons. The van der Waals surface area contributed by atoms with Gasteiger partial charge in [-0.1, -0.05) is 11.6 Å². The number of hydrogen-bond acceptors (Lipinski definition) is 4. The third-order valence-corrected chi connectivity index (χ3v) is 2.61. The van der Waals surface area contributed by atoms with Crippen LogP contribution >= 0.6 is 11.6 Å². The molecule has 0 bridgehead atoms. The first kappa shape index (κ1) is 10.2. The summed E-state index contributed by atoms with van der Waals surface area (Å²) in [5.41, 5.74) is 0. The lowest BCUT2D eigenvalue weighted by Gasteiger charge is -2.33. The summed E-state index contributed by atoms with van der Waals surface area (Å²) in [4.78, 5) is 22.3. The zero-order valence-corrected chi connectivity index (χ0v) is 8.89. The number of amides is 1. The van der Waals surface area contributed by atoms with Crippen molar-refractivity contribution in [2.24, 2.45) is 0 Å². The van der Waals surface area contributed by atoms with Crippen molar-refractivity contribution in [3.8, 4) is 0 Å². The Labute approximate surface area is 92.7 Å². The summed E-state index contributed by atoms with van der Waals surface area (Å²) in [6, 6.07) is 1.73. The van der Waals surface area contributed by atoms with Crippen LogP contribution in [0.5, 0.6) is 0 Å². The number of hydrogen-bond donors (Lipinski definition) is 0. The van der Waals surface area contributed by atoms with E-state index < -0.39 is 0 Å². The van der Waals surface area contributed by atoms with Crippen LogP contribution in [-0.4, -0.2) is 47.5 Å². The van der Waals surface area contributed by atoms with E-state index in [0.717, 1.165) is 38.4 Å². The van der Waals surface area contributed by atoms with Crippen molar-refractivity contribution >= 4 is 23.8 Å². The predicted octanol–water partition coefficient (Wildman–Crippen LogP) is 0.408. The van der Waals surface area contributed by atoms with E-state index in [1.54, 1.807) is 11.0 Å². The second-order valence-electron chi connectivity index (χ2n) is 3.33. The highest BCUT2D eigenvalue weighted by atomic mass is 35.5. The van der Waals surface area contributed by atoms with Gasteiger partial charge in [-0.3, -0.25) is 4.79 Å². The van der Waals surface area contributed by atoms with Gasteiger partial charge in [0.2, 0.25) is 6.41 Å². The van der Waals surface area contributed by atoms with Gasteiger partial charge in [0.1, 0.15) is 17.3 Å². The van der Waals surface area contributed by atoms with E-state index in [4.69, 9.17) is 11.6 Å². The highest BCUT2D eigenvalue weighted by molar-refractivity contribution is 6.29. The molecule has 2 rings (SSSR count). The minimum atomic E-state index is 0.442. The minimum absolute atomic E-state index is 0.442. The van der Waals surface area contributed by atoms with E-state index in [9.17, 15) is 4.79 Å². The van der Waals surface area contributed by atoms with Gasteiger partial charge in [-0.2, -0.15) is 0 Å². The normalized spacial score (nSPS) is 16.6. The molecule has 0 saturated carbocycles. The zero-order chi connectivity index (χ0) is 10.7. The Kier molecular flexibility index (Phi) is 3.01. The lowest BCUT2D eigenvalue weighted by Crippen LogP contribution is -2.46. The number of aromatic nitrogens is 2. The van der Waals surface area contributed by atoms with Crippen LogP contribution in [0.15, 0.2) is 12.4 Å². The van der Waals surface area contributed by atoms with E-state index in [2.05, 4.69) is 14.9 Å². The molecule has 0 aromatic carbocycles. The molecule has 80 valence electrons. The summed E-state index contributed by atoms with van der Waals surface area (Å²) in [6.45, 7) is 3.02. The van der Waals surface area contributed by atoms with Crippen LogP contribution in [-0.2, 0) is 4.79 Å². The van der Waals surface area contributed by atoms with Gasteiger partial charge in [0.05, 0.1) is 0 Å². The SMILES string of the molecule is O=CN1CCN(c2cc(Cl)ncn2)CC1. The van der Waals surface area contributed by atoms with Gasteiger partial charge in [-0.15, -0.1) is 0 Å². The first-order valence-electron chi connectivity index (χ1n) is 4.71. The average molecular weight is 227 g/mol. The fraction of sp³-hybridized carbons (Fsp3) is 0.444. The summed E-state index contributed by atoms with van der Waals surface area (Å²) < 4.78 is 0. The number of piperazine rings is 1. The van der Waals surface area contributed by atoms with Crippen molar-refractivity contribution in [3.05, 3.63) is 17.5 Å². The van der Waals surface area contributed by atoms with E-state index >= 15 is 0 Å². The molecule has 1 aliphatic heterocycles. The number of carbonyl (C=O) groups excluding carboxylic acids is 1. The molecule has 0 unspecified atom stereocenters. The quantitative estimate of drug-likeness (QED) is 0.541. The van der Waals surface area contributed by atoms with Crippen LogP contribution in [0.25, 0.3) is 0 Å². The highest BCUT2D eigenvalue weighted by Gasteiger charge is 2.16. The fourth-order valence-electron chi connectivity index (χ4n) is 1.55. The largest absolute Gasteiger partial charge is 0.353 e. The summed E-state index contributed by atoms with van der Waals surface area (Å²) in [7, 11) is 0. The molecule has 0 N–H and O–H groups in total. The maximum Gasteiger partial charge on any atom is 0.209 e. The lowest BCUT2D eigenvalue weighted by molar-refractivity contribution is -0.118. The molecule has 1 aromatic rings. The number of carbonyl (C=O) groups is 1. The van der Waals surface area contributed by atoms with E-state index in [1.807, 2.05) is 0 Å². The summed E-state index contributed by atoms with van der Waals surface area (Å²) in [5, 5.41) is 0.442. The van der Waals surface area contributed by atoms with Crippen LogP contribution in [0.2, 0.25) is 5.15 Å². The van der Waals surface area contributed by atoms with Gasteiger partial charge in [0.15, 0.2) is 0 Å². The summed E-state index contributed by atoms with van der Waals surface area (Å²) in [6.07, 6.45) is 2.33. The molecule has 0 atom stereocenters. The van der Waals surface area contributed by atoms with Crippen LogP contribution in [0.4, 0.5) is 5.82 Å². The van der Waals surface area contributed by atoms with Gasteiger partial charge >= 0.3 is 0 Å². The molecule has 6 heteroatoms. The molecule has 5 nitrogen and oxygen atoms in total. The second-order valence-corrected chi connectivity index (χ2v) is 3.71. The van der Waals surface area contributed by atoms with E-state index in [-0.39, 0.29) is 0 Å². The van der Waals surface area contributed by atoms with Crippen molar-refractivity contribution in [3.63, 3.8) is 0 Å². The number of rotatable bonds is 2. The highest BCUT2D eigenvalue weighted by Crippen LogP contribution is 2.15. The molecule has 1 aromatic heterocycles. The molecular formula is C9H11ClN4O. The fourth-order valence-corrected chi connectivity index (χ4v) is 1.69. The van der Waals surface area contributed by atoms with Crippen molar-refractivity contribution in [1.82, 2.24) is 14.9 Å². The zero-order valence-electron chi connectivity index (χ0n) is 8.14. The first-order valence-corrected chi connectivity index (χ1v) is 5.09. The molecule has 1 amide bonds. The van der Waals surface area contributed by atoms with Crippen LogP contribution in [0.3, 0.4) is 0 Å². The van der Waals surface area contributed by atoms with Gasteiger partial charge < -0.3 is 9.80 Å². The Hall–Kier alpha value is -1.36. The van der Waals surface area contributed by atoms with Crippen LogP contribution in [0, 0.1) is 0 Å². The Morgan fingerprint density at radius 2 is 2.00 bits per heavy atom. The average Bonchev–Trinajstić information content (AvgIpc) is 2.29. The third-order valence-electron chi connectivity index (χ3n) is 2.41. The maximum absolute atomic E-state index is 10.5. The number of halogens is 1. The standard InChI is InChI=1S/C9H11ClN4O/c10-8-5-9(12-6-11-8)14-3-1-13(7-15)2-4-14/h5-7H,1-4H2. The lowest BCUT2D eigenvalue weighted by atomic mass is 10.3. The van der Waals surface area contributed by atoms with Crippen molar-refractivity contribution < 1.29 is 4.79 Å². The molecule has 1 saturated heterocycles. The number of nitrogens with zero attached hydrogens (tertiary/aromatic N) is 4. The van der Waals surface area contributed by atoms with Gasteiger partial charge in [0.25, 0.3) is 0 Å². The summed E-state index contributed by atoms with van der Waals surface area (Å²) >= 11 is 5.78. The monoisotopic (exact) mass is 226 g/mol. The van der Waals surface area contributed by atoms with Crippen molar-refractivity contribution in [2.75, 3.05) is 31.1 Å². The smallest absolute Gasteiger partial charge is 0.209 e. The first-order chi connectivity index (χ1) is 7.29. The van der Waals surface area contributed by atoms with Gasteiger partial charge in [-0.05, 0) is 0 Å². The Morgan fingerprint density at radius 1 is 1.27 bits per heavy atom. The molecule has 0 aliphatic carbocycles. The molecule has 1 fully saturated rings. The molecule has 1 aliphatic rings.